The van der Waals surface area contributed by atoms with Gasteiger partial charge in [0.15, 0.2) is 0 Å². The van der Waals surface area contributed by atoms with Crippen LogP contribution in [0, 0.1) is 21.8 Å². The number of nitro benzene ring substituents is 1. The second-order valence-corrected chi connectivity index (χ2v) is 8.23. The maximum Gasteiger partial charge on any atom is 0.273 e. The van der Waals surface area contributed by atoms with E-state index in [9.17, 15) is 19.3 Å². The highest BCUT2D eigenvalue weighted by molar-refractivity contribution is 5.94. The Morgan fingerprint density at radius 1 is 1.17 bits per heavy atom. The molecule has 160 valence electrons. The molecule has 0 atom stereocenters. The fourth-order valence-electron chi connectivity index (χ4n) is 4.01. The zero-order valence-corrected chi connectivity index (χ0v) is 17.5. The lowest BCUT2D eigenvalue weighted by molar-refractivity contribution is -0.385. The number of nitrogens with zero attached hydrogens (tertiary/aromatic N) is 3. The molecular formula is C23H28FN3O3. The van der Waals surface area contributed by atoms with E-state index in [1.807, 2.05) is 24.8 Å². The highest BCUT2D eigenvalue weighted by Crippen LogP contribution is 2.27. The van der Waals surface area contributed by atoms with Gasteiger partial charge in [0.25, 0.3) is 5.69 Å². The normalized spacial score (nSPS) is 15.3. The summed E-state index contributed by atoms with van der Waals surface area (Å²) < 4.78 is 13.4. The average molecular weight is 413 g/mol. The first-order valence-electron chi connectivity index (χ1n) is 10.4. The van der Waals surface area contributed by atoms with Gasteiger partial charge in [0.1, 0.15) is 5.82 Å². The minimum absolute atomic E-state index is 0.0312. The van der Waals surface area contributed by atoms with Crippen LogP contribution in [0.4, 0.5) is 15.8 Å². The summed E-state index contributed by atoms with van der Waals surface area (Å²) in [4.78, 5) is 27.9. The molecule has 0 radical (unpaired) electrons. The molecule has 1 fully saturated rings. The van der Waals surface area contributed by atoms with Gasteiger partial charge >= 0.3 is 0 Å². The van der Waals surface area contributed by atoms with Crippen LogP contribution >= 0.6 is 0 Å². The lowest BCUT2D eigenvalue weighted by atomic mass is 9.99. The third kappa shape index (κ3) is 5.42. The van der Waals surface area contributed by atoms with Gasteiger partial charge in [-0.25, -0.2) is 4.39 Å². The Morgan fingerprint density at radius 3 is 2.40 bits per heavy atom. The van der Waals surface area contributed by atoms with E-state index < -0.39 is 0 Å². The molecule has 0 N–H and O–H groups in total. The molecule has 7 heteroatoms. The number of likely N-dealkylation sites (tertiary alicyclic amines) is 1. The Kier molecular flexibility index (Phi) is 7.15. The van der Waals surface area contributed by atoms with Gasteiger partial charge in [-0.3, -0.25) is 19.8 Å². The smallest absolute Gasteiger partial charge is 0.273 e. The van der Waals surface area contributed by atoms with Gasteiger partial charge in [-0.2, -0.15) is 0 Å². The second-order valence-electron chi connectivity index (χ2n) is 8.23. The van der Waals surface area contributed by atoms with E-state index >= 15 is 0 Å². The molecule has 6 nitrogen and oxygen atoms in total. The number of nitro groups is 1. The number of carbonyl (C=O) groups excluding carboxylic acids is 1. The Bertz CT molecular complexity index is 878. The Balaban J connectivity index is 1.70. The van der Waals surface area contributed by atoms with Crippen molar-refractivity contribution in [3.05, 3.63) is 70.0 Å². The average Bonchev–Trinajstić information content (AvgIpc) is 2.70. The van der Waals surface area contributed by atoms with Crippen molar-refractivity contribution in [1.82, 2.24) is 4.90 Å². The zero-order chi connectivity index (χ0) is 21.7. The highest BCUT2D eigenvalue weighted by Gasteiger charge is 2.30. The number of rotatable bonds is 7. The van der Waals surface area contributed by atoms with Gasteiger partial charge in [-0.15, -0.1) is 0 Å². The zero-order valence-electron chi connectivity index (χ0n) is 17.5. The summed E-state index contributed by atoms with van der Waals surface area (Å²) in [6.07, 6.45) is 1.97. The molecule has 0 unspecified atom stereocenters. The molecule has 0 aromatic heterocycles. The number of anilines is 1. The van der Waals surface area contributed by atoms with E-state index in [0.717, 1.165) is 31.6 Å². The topological polar surface area (TPSA) is 66.7 Å². The largest absolute Gasteiger partial charge is 0.309 e. The molecule has 0 aliphatic carbocycles. The third-order valence-corrected chi connectivity index (χ3v) is 5.46. The molecule has 30 heavy (non-hydrogen) atoms. The third-order valence-electron chi connectivity index (χ3n) is 5.46. The Labute approximate surface area is 176 Å². The molecule has 0 saturated carbocycles. The predicted molar refractivity (Wildman–Crippen MR) is 115 cm³/mol. The summed E-state index contributed by atoms with van der Waals surface area (Å²) in [7, 11) is 0. The van der Waals surface area contributed by atoms with Crippen molar-refractivity contribution < 1.29 is 14.1 Å². The van der Waals surface area contributed by atoms with Crippen LogP contribution < -0.4 is 4.90 Å². The molecule has 2 aromatic rings. The summed E-state index contributed by atoms with van der Waals surface area (Å²) in [5, 5.41) is 11.3. The van der Waals surface area contributed by atoms with E-state index in [2.05, 4.69) is 4.90 Å². The lowest BCUT2D eigenvalue weighted by Gasteiger charge is -2.39. The molecular weight excluding hydrogens is 385 g/mol. The molecule has 1 heterocycles. The van der Waals surface area contributed by atoms with E-state index in [0.29, 0.717) is 18.5 Å². The standard InChI is InChI=1S/C23H28FN3O3/c1-17(2)15-23(28)26(20-9-7-19(24)8-10-20)21-11-13-25(14-12-21)16-18-5-3-4-6-22(18)27(29)30/h3-10,17,21H,11-16H2,1-2H3. The summed E-state index contributed by atoms with van der Waals surface area (Å²) >= 11 is 0. The number of para-hydroxylation sites is 1. The second kappa shape index (κ2) is 9.80. The van der Waals surface area contributed by atoms with Crippen LogP contribution in [0.1, 0.15) is 38.7 Å². The van der Waals surface area contributed by atoms with Crippen LogP contribution in [0.15, 0.2) is 48.5 Å². The summed E-state index contributed by atoms with van der Waals surface area (Å²) in [6.45, 7) is 6.01. The van der Waals surface area contributed by atoms with Crippen LogP contribution in [0.25, 0.3) is 0 Å². The van der Waals surface area contributed by atoms with E-state index in [1.54, 1.807) is 24.3 Å². The number of hydrogen-bond acceptors (Lipinski definition) is 4. The number of carbonyl (C=O) groups is 1. The van der Waals surface area contributed by atoms with E-state index in [1.165, 1.54) is 18.2 Å². The molecule has 1 saturated heterocycles. The minimum atomic E-state index is -0.344. The number of benzene rings is 2. The lowest BCUT2D eigenvalue weighted by Crippen LogP contribution is -2.47. The van der Waals surface area contributed by atoms with Gasteiger partial charge in [-0.05, 0) is 43.0 Å². The van der Waals surface area contributed by atoms with Crippen LogP contribution in [0.5, 0.6) is 0 Å². The first-order valence-corrected chi connectivity index (χ1v) is 10.4. The van der Waals surface area contributed by atoms with Gasteiger partial charge < -0.3 is 4.90 Å². The van der Waals surface area contributed by atoms with Gasteiger partial charge in [0.2, 0.25) is 5.91 Å². The van der Waals surface area contributed by atoms with E-state index in [-0.39, 0.29) is 34.3 Å². The molecule has 1 aliphatic heterocycles. The number of amides is 1. The summed E-state index contributed by atoms with van der Waals surface area (Å²) in [5.41, 5.74) is 1.56. The first-order chi connectivity index (χ1) is 14.3. The highest BCUT2D eigenvalue weighted by atomic mass is 19.1. The van der Waals surface area contributed by atoms with Crippen molar-refractivity contribution in [2.45, 2.75) is 45.7 Å². The molecule has 0 bridgehead atoms. The van der Waals surface area contributed by atoms with E-state index in [4.69, 9.17) is 0 Å². The maximum absolute atomic E-state index is 13.4. The Hall–Kier alpha value is -2.80. The van der Waals surface area contributed by atoms with Crippen molar-refractivity contribution in [2.24, 2.45) is 5.92 Å². The SMILES string of the molecule is CC(C)CC(=O)N(c1ccc(F)cc1)C1CCN(Cc2ccccc2[N+](=O)[O-])CC1. The van der Waals surface area contributed by atoms with Crippen LogP contribution in [0.2, 0.25) is 0 Å². The monoisotopic (exact) mass is 413 g/mol. The van der Waals surface area contributed by atoms with Gasteiger partial charge in [0.05, 0.1) is 4.92 Å². The van der Waals surface area contributed by atoms with Crippen LogP contribution in [0.3, 0.4) is 0 Å². The fraction of sp³-hybridized carbons (Fsp3) is 0.435. The number of hydrogen-bond donors (Lipinski definition) is 0. The number of halogens is 1. The van der Waals surface area contributed by atoms with Crippen molar-refractivity contribution in [3.8, 4) is 0 Å². The summed E-state index contributed by atoms with van der Waals surface area (Å²) in [6, 6.07) is 12.9. The number of piperidine rings is 1. The maximum atomic E-state index is 13.4. The fourth-order valence-corrected chi connectivity index (χ4v) is 4.01. The molecule has 3 rings (SSSR count). The molecule has 1 aliphatic rings. The van der Waals surface area contributed by atoms with Crippen molar-refractivity contribution in [3.63, 3.8) is 0 Å². The molecule has 0 spiro atoms. The van der Waals surface area contributed by atoms with Crippen molar-refractivity contribution >= 4 is 17.3 Å². The molecule has 1 amide bonds. The van der Waals surface area contributed by atoms with Gasteiger partial charge in [0, 0.05) is 49.4 Å². The van der Waals surface area contributed by atoms with Crippen molar-refractivity contribution in [1.29, 1.82) is 0 Å². The quantitative estimate of drug-likeness (QED) is 0.484. The summed E-state index contributed by atoms with van der Waals surface area (Å²) in [5.74, 6) is -0.0396. The van der Waals surface area contributed by atoms with Gasteiger partial charge in [-0.1, -0.05) is 32.0 Å². The minimum Gasteiger partial charge on any atom is -0.309 e. The first kappa shape index (κ1) is 21.9. The predicted octanol–water partition coefficient (Wildman–Crippen LogP) is 4.78. The Morgan fingerprint density at radius 2 is 1.80 bits per heavy atom. The van der Waals surface area contributed by atoms with Crippen LogP contribution in [-0.4, -0.2) is 34.9 Å². The van der Waals surface area contributed by atoms with Crippen LogP contribution in [-0.2, 0) is 11.3 Å². The molecule has 2 aromatic carbocycles. The van der Waals surface area contributed by atoms with Crippen molar-refractivity contribution in [2.75, 3.05) is 18.0 Å².